The molecule has 1 unspecified atom stereocenters. The number of aliphatic hydroxyl groups excluding tert-OH is 1. The fourth-order valence-electron chi connectivity index (χ4n) is 2.59. The summed E-state index contributed by atoms with van der Waals surface area (Å²) in [6, 6.07) is 1.35. The third-order valence-electron chi connectivity index (χ3n) is 3.58. The summed E-state index contributed by atoms with van der Waals surface area (Å²) < 4.78 is 33.6. The van der Waals surface area contributed by atoms with Gasteiger partial charge in [0.05, 0.1) is 18.8 Å². The molecule has 1 atom stereocenters. The molecule has 1 aromatic rings. The molecular formula is C13H21F2N3O2. The molecule has 0 spiro atoms. The van der Waals surface area contributed by atoms with E-state index in [1.165, 1.54) is 0 Å². The Morgan fingerprint density at radius 1 is 1.55 bits per heavy atom. The molecule has 2 heterocycles. The van der Waals surface area contributed by atoms with E-state index in [1.54, 1.807) is 18.2 Å². The third kappa shape index (κ3) is 3.74. The lowest BCUT2D eigenvalue weighted by Crippen LogP contribution is -2.33. The van der Waals surface area contributed by atoms with Crippen LogP contribution < -0.4 is 0 Å². The molecular weight excluding hydrogens is 268 g/mol. The molecule has 0 aliphatic carbocycles. The Hall–Kier alpha value is -1.05. The molecule has 114 valence electrons. The van der Waals surface area contributed by atoms with Crippen molar-refractivity contribution < 1.29 is 18.6 Å². The molecule has 1 aromatic heterocycles. The van der Waals surface area contributed by atoms with Crippen molar-refractivity contribution in [3.63, 3.8) is 0 Å². The SMILES string of the molecule is COCCCn1nccc1CN1CC(F)(F)CC1CO. The van der Waals surface area contributed by atoms with Crippen molar-refractivity contribution in [1.82, 2.24) is 14.7 Å². The molecule has 0 bridgehead atoms. The van der Waals surface area contributed by atoms with Gasteiger partial charge < -0.3 is 9.84 Å². The Morgan fingerprint density at radius 3 is 3.05 bits per heavy atom. The van der Waals surface area contributed by atoms with Crippen molar-refractivity contribution in [3.8, 4) is 0 Å². The van der Waals surface area contributed by atoms with E-state index in [0.717, 1.165) is 12.1 Å². The van der Waals surface area contributed by atoms with Gasteiger partial charge in [-0.15, -0.1) is 0 Å². The van der Waals surface area contributed by atoms with Crippen LogP contribution >= 0.6 is 0 Å². The van der Waals surface area contributed by atoms with Gasteiger partial charge in [0.2, 0.25) is 0 Å². The molecule has 1 aliphatic heterocycles. The van der Waals surface area contributed by atoms with Gasteiger partial charge in [-0.2, -0.15) is 5.10 Å². The van der Waals surface area contributed by atoms with Gasteiger partial charge in [0, 0.05) is 45.5 Å². The summed E-state index contributed by atoms with van der Waals surface area (Å²) in [5.41, 5.74) is 0.886. The standard InChI is InChI=1S/C13H21F2N3O2/c1-20-6-2-5-18-11(3-4-16-18)8-17-10-13(14,15)7-12(17)9-19/h3-4,12,19H,2,5-10H2,1H3. The molecule has 1 fully saturated rings. The minimum atomic E-state index is -2.71. The maximum Gasteiger partial charge on any atom is 0.262 e. The first-order valence-corrected chi connectivity index (χ1v) is 6.78. The lowest BCUT2D eigenvalue weighted by molar-refractivity contribution is 0.0110. The molecule has 20 heavy (non-hydrogen) atoms. The molecule has 0 amide bonds. The average molecular weight is 289 g/mol. The fraction of sp³-hybridized carbons (Fsp3) is 0.769. The van der Waals surface area contributed by atoms with Crippen molar-refractivity contribution in [1.29, 1.82) is 0 Å². The first-order chi connectivity index (χ1) is 9.55. The number of hydrogen-bond donors (Lipinski definition) is 1. The van der Waals surface area contributed by atoms with Gasteiger partial charge in [-0.3, -0.25) is 9.58 Å². The number of aromatic nitrogens is 2. The smallest absolute Gasteiger partial charge is 0.262 e. The molecule has 5 nitrogen and oxygen atoms in total. The average Bonchev–Trinajstić information content (AvgIpc) is 2.94. The van der Waals surface area contributed by atoms with Crippen LogP contribution in [0.1, 0.15) is 18.5 Å². The topological polar surface area (TPSA) is 50.5 Å². The van der Waals surface area contributed by atoms with E-state index in [1.807, 2.05) is 10.7 Å². The van der Waals surface area contributed by atoms with Crippen LogP contribution in [0, 0.1) is 0 Å². The van der Waals surface area contributed by atoms with Gasteiger partial charge in [-0.25, -0.2) is 8.78 Å². The minimum Gasteiger partial charge on any atom is -0.395 e. The van der Waals surface area contributed by atoms with E-state index in [4.69, 9.17) is 4.74 Å². The lowest BCUT2D eigenvalue weighted by atomic mass is 10.2. The summed E-state index contributed by atoms with van der Waals surface area (Å²) in [4.78, 5) is 1.63. The number of aryl methyl sites for hydroxylation is 1. The molecule has 1 N–H and O–H groups in total. The summed E-state index contributed by atoms with van der Waals surface area (Å²) in [6.45, 7) is 1.17. The number of ether oxygens (including phenoxy) is 1. The Labute approximate surface area is 117 Å². The molecule has 0 radical (unpaired) electrons. The van der Waals surface area contributed by atoms with Gasteiger partial charge in [0.15, 0.2) is 0 Å². The second-order valence-corrected chi connectivity index (χ2v) is 5.19. The molecule has 1 aliphatic rings. The van der Waals surface area contributed by atoms with Crippen LogP contribution in [0.4, 0.5) is 8.78 Å². The zero-order chi connectivity index (χ0) is 14.6. The van der Waals surface area contributed by atoms with E-state index in [-0.39, 0.29) is 19.6 Å². The van der Waals surface area contributed by atoms with Crippen LogP contribution in [0.15, 0.2) is 12.3 Å². The van der Waals surface area contributed by atoms with Crippen LogP contribution in [0.25, 0.3) is 0 Å². The zero-order valence-corrected chi connectivity index (χ0v) is 11.6. The summed E-state index contributed by atoms with van der Waals surface area (Å²) >= 11 is 0. The van der Waals surface area contributed by atoms with Crippen LogP contribution in [-0.4, -0.2) is 58.6 Å². The Balaban J connectivity index is 1.97. The van der Waals surface area contributed by atoms with Crippen LogP contribution in [0.2, 0.25) is 0 Å². The summed E-state index contributed by atoms with van der Waals surface area (Å²) in [6.07, 6.45) is 2.22. The van der Waals surface area contributed by atoms with Gasteiger partial charge in [-0.05, 0) is 12.5 Å². The van der Waals surface area contributed by atoms with Gasteiger partial charge >= 0.3 is 0 Å². The molecule has 2 rings (SSSR count). The Bertz CT molecular complexity index is 426. The third-order valence-corrected chi connectivity index (χ3v) is 3.58. The van der Waals surface area contributed by atoms with Crippen molar-refractivity contribution >= 4 is 0 Å². The van der Waals surface area contributed by atoms with Gasteiger partial charge in [0.25, 0.3) is 5.92 Å². The highest BCUT2D eigenvalue weighted by molar-refractivity contribution is 5.03. The Kier molecular flexibility index (Phi) is 5.06. The van der Waals surface area contributed by atoms with Gasteiger partial charge in [-0.1, -0.05) is 0 Å². The highest BCUT2D eigenvalue weighted by Crippen LogP contribution is 2.32. The minimum absolute atomic E-state index is 0.243. The van der Waals surface area contributed by atoms with Crippen LogP contribution in [-0.2, 0) is 17.8 Å². The van der Waals surface area contributed by atoms with Crippen LogP contribution in [0.3, 0.4) is 0 Å². The number of alkyl halides is 2. The maximum absolute atomic E-state index is 13.4. The number of likely N-dealkylation sites (tertiary alicyclic amines) is 1. The van der Waals surface area contributed by atoms with E-state index < -0.39 is 12.0 Å². The number of nitrogens with zero attached hydrogens (tertiary/aromatic N) is 3. The van der Waals surface area contributed by atoms with E-state index in [0.29, 0.717) is 19.7 Å². The number of aliphatic hydroxyl groups is 1. The zero-order valence-electron chi connectivity index (χ0n) is 11.6. The normalized spacial score (nSPS) is 22.5. The predicted molar refractivity (Wildman–Crippen MR) is 69.6 cm³/mol. The Morgan fingerprint density at radius 2 is 2.35 bits per heavy atom. The van der Waals surface area contributed by atoms with Crippen molar-refractivity contribution in [2.24, 2.45) is 0 Å². The number of hydrogen-bond acceptors (Lipinski definition) is 4. The highest BCUT2D eigenvalue weighted by atomic mass is 19.3. The number of rotatable bonds is 7. The second-order valence-electron chi connectivity index (χ2n) is 5.19. The molecule has 0 saturated carbocycles. The summed E-state index contributed by atoms with van der Waals surface area (Å²) in [7, 11) is 1.64. The highest BCUT2D eigenvalue weighted by Gasteiger charge is 2.44. The summed E-state index contributed by atoms with van der Waals surface area (Å²) in [5, 5.41) is 13.4. The lowest BCUT2D eigenvalue weighted by Gasteiger charge is -2.22. The fourth-order valence-corrected chi connectivity index (χ4v) is 2.59. The first-order valence-electron chi connectivity index (χ1n) is 6.78. The monoisotopic (exact) mass is 289 g/mol. The molecule has 7 heteroatoms. The van der Waals surface area contributed by atoms with E-state index in [9.17, 15) is 13.9 Å². The predicted octanol–water partition coefficient (Wildman–Crippen LogP) is 1.12. The first kappa shape index (κ1) is 15.3. The van der Waals surface area contributed by atoms with Crippen molar-refractivity contribution in [2.45, 2.75) is 37.9 Å². The van der Waals surface area contributed by atoms with E-state index >= 15 is 0 Å². The largest absolute Gasteiger partial charge is 0.395 e. The quantitative estimate of drug-likeness (QED) is 0.764. The van der Waals surface area contributed by atoms with Gasteiger partial charge in [0.1, 0.15) is 0 Å². The summed E-state index contributed by atoms with van der Waals surface area (Å²) in [5.74, 6) is -2.71. The van der Waals surface area contributed by atoms with Crippen molar-refractivity contribution in [3.05, 3.63) is 18.0 Å². The van der Waals surface area contributed by atoms with Crippen molar-refractivity contribution in [2.75, 3.05) is 26.9 Å². The maximum atomic E-state index is 13.4. The number of methoxy groups -OCH3 is 1. The van der Waals surface area contributed by atoms with E-state index in [2.05, 4.69) is 5.10 Å². The molecule has 1 saturated heterocycles. The second kappa shape index (κ2) is 6.60. The van der Waals surface area contributed by atoms with Crippen LogP contribution in [0.5, 0.6) is 0 Å². The molecule has 0 aromatic carbocycles. The number of halogens is 2.